The molecule has 0 radical (unpaired) electrons. The minimum Gasteiger partial charge on any atom is -0.481 e. The summed E-state index contributed by atoms with van der Waals surface area (Å²) in [4.78, 5) is 21.8. The fourth-order valence-corrected chi connectivity index (χ4v) is 1.74. The van der Waals surface area contributed by atoms with Crippen LogP contribution < -0.4 is 5.32 Å². The van der Waals surface area contributed by atoms with Crippen LogP contribution in [0.2, 0.25) is 0 Å². The van der Waals surface area contributed by atoms with Crippen LogP contribution in [0.15, 0.2) is 18.2 Å². The number of hydrogen-bond donors (Lipinski definition) is 2. The molecular formula is C15H21NO3. The number of carbonyl (C=O) groups is 2. The van der Waals surface area contributed by atoms with Crippen LogP contribution in [0.3, 0.4) is 0 Å². The third-order valence-electron chi connectivity index (χ3n) is 3.08. The molecule has 1 aromatic rings. The van der Waals surface area contributed by atoms with Crippen LogP contribution in [0.4, 0.5) is 0 Å². The molecule has 19 heavy (non-hydrogen) atoms. The highest BCUT2D eigenvalue weighted by Crippen LogP contribution is 2.18. The second-order valence-electron chi connectivity index (χ2n) is 5.01. The third-order valence-corrected chi connectivity index (χ3v) is 3.08. The maximum Gasteiger partial charge on any atom is 0.303 e. The lowest BCUT2D eigenvalue weighted by Gasteiger charge is -2.12. The van der Waals surface area contributed by atoms with Crippen LogP contribution in [0.5, 0.6) is 0 Å². The first kappa shape index (κ1) is 15.2. The highest BCUT2D eigenvalue weighted by atomic mass is 16.4. The fourth-order valence-electron chi connectivity index (χ4n) is 1.74. The Bertz CT molecular complexity index is 466. The lowest BCUT2D eigenvalue weighted by molar-refractivity contribution is -0.138. The van der Waals surface area contributed by atoms with Gasteiger partial charge in [-0.1, -0.05) is 32.0 Å². The van der Waals surface area contributed by atoms with Crippen molar-refractivity contribution in [3.8, 4) is 0 Å². The molecule has 0 fully saturated rings. The van der Waals surface area contributed by atoms with Gasteiger partial charge in [0, 0.05) is 13.0 Å². The molecule has 0 aliphatic rings. The summed E-state index contributed by atoms with van der Waals surface area (Å²) in [6, 6.07) is 6.24. The Morgan fingerprint density at radius 2 is 1.95 bits per heavy atom. The number of aliphatic carboxylic acids is 1. The van der Waals surface area contributed by atoms with Crippen molar-refractivity contribution in [3.05, 3.63) is 34.9 Å². The van der Waals surface area contributed by atoms with Crippen LogP contribution in [-0.4, -0.2) is 17.0 Å². The molecule has 0 spiro atoms. The number of rotatable bonds is 6. The first-order valence-electron chi connectivity index (χ1n) is 6.48. The standard InChI is InChI=1S/C15H21NO3/c1-10(2)12-5-4-11(3)13(8-12)9-16-14(17)6-7-15(18)19/h4-5,8,10H,6-7,9H2,1-3H3,(H,16,17)(H,18,19). The summed E-state index contributed by atoms with van der Waals surface area (Å²) in [7, 11) is 0. The summed E-state index contributed by atoms with van der Waals surface area (Å²) >= 11 is 0. The van der Waals surface area contributed by atoms with Crippen LogP contribution in [0.1, 0.15) is 49.3 Å². The van der Waals surface area contributed by atoms with Crippen molar-refractivity contribution < 1.29 is 14.7 Å². The number of carbonyl (C=O) groups excluding carboxylic acids is 1. The van der Waals surface area contributed by atoms with Crippen LogP contribution in [0, 0.1) is 6.92 Å². The van der Waals surface area contributed by atoms with Gasteiger partial charge in [0.2, 0.25) is 5.91 Å². The molecule has 104 valence electrons. The van der Waals surface area contributed by atoms with Gasteiger partial charge in [0.1, 0.15) is 0 Å². The molecule has 0 saturated carbocycles. The normalized spacial score (nSPS) is 10.5. The van der Waals surface area contributed by atoms with E-state index >= 15 is 0 Å². The molecule has 0 bridgehead atoms. The average molecular weight is 263 g/mol. The van der Waals surface area contributed by atoms with Gasteiger partial charge in [0.25, 0.3) is 0 Å². The first-order chi connectivity index (χ1) is 8.90. The molecule has 1 amide bonds. The number of carboxylic acid groups (broad SMARTS) is 1. The van der Waals surface area contributed by atoms with Crippen molar-refractivity contribution >= 4 is 11.9 Å². The second-order valence-corrected chi connectivity index (χ2v) is 5.01. The Morgan fingerprint density at radius 3 is 2.53 bits per heavy atom. The summed E-state index contributed by atoms with van der Waals surface area (Å²) in [5.41, 5.74) is 3.44. The van der Waals surface area contributed by atoms with E-state index < -0.39 is 5.97 Å². The molecule has 0 aliphatic heterocycles. The van der Waals surface area contributed by atoms with Crippen LogP contribution in [0.25, 0.3) is 0 Å². The van der Waals surface area contributed by atoms with E-state index in [9.17, 15) is 9.59 Å². The predicted octanol–water partition coefficient (Wildman–Crippen LogP) is 2.60. The lowest BCUT2D eigenvalue weighted by Crippen LogP contribution is -2.23. The van der Waals surface area contributed by atoms with Gasteiger partial charge in [-0.15, -0.1) is 0 Å². The lowest BCUT2D eigenvalue weighted by atomic mass is 9.98. The number of nitrogens with one attached hydrogen (secondary N) is 1. The van der Waals surface area contributed by atoms with E-state index in [1.54, 1.807) is 0 Å². The Labute approximate surface area is 113 Å². The van der Waals surface area contributed by atoms with Crippen molar-refractivity contribution in [1.82, 2.24) is 5.32 Å². The molecule has 0 heterocycles. The molecule has 4 nitrogen and oxygen atoms in total. The van der Waals surface area contributed by atoms with Crippen molar-refractivity contribution in [3.63, 3.8) is 0 Å². The molecular weight excluding hydrogens is 242 g/mol. The zero-order chi connectivity index (χ0) is 14.4. The summed E-state index contributed by atoms with van der Waals surface area (Å²) in [5, 5.41) is 11.3. The van der Waals surface area contributed by atoms with Crippen molar-refractivity contribution in [2.75, 3.05) is 0 Å². The SMILES string of the molecule is Cc1ccc(C(C)C)cc1CNC(=O)CCC(=O)O. The van der Waals surface area contributed by atoms with E-state index in [0.29, 0.717) is 12.5 Å². The van der Waals surface area contributed by atoms with Crippen LogP contribution >= 0.6 is 0 Å². The first-order valence-corrected chi connectivity index (χ1v) is 6.48. The zero-order valence-electron chi connectivity index (χ0n) is 11.7. The van der Waals surface area contributed by atoms with Gasteiger partial charge in [-0.2, -0.15) is 0 Å². The third kappa shape index (κ3) is 5.12. The van der Waals surface area contributed by atoms with E-state index in [-0.39, 0.29) is 18.7 Å². The van der Waals surface area contributed by atoms with Gasteiger partial charge in [-0.3, -0.25) is 9.59 Å². The largest absolute Gasteiger partial charge is 0.481 e. The Kier molecular flexibility index (Phi) is 5.55. The van der Waals surface area contributed by atoms with Crippen molar-refractivity contribution in [2.24, 2.45) is 0 Å². The van der Waals surface area contributed by atoms with E-state index in [0.717, 1.165) is 11.1 Å². The van der Waals surface area contributed by atoms with Crippen molar-refractivity contribution in [2.45, 2.75) is 46.1 Å². The van der Waals surface area contributed by atoms with E-state index in [1.807, 2.05) is 13.0 Å². The molecule has 4 heteroatoms. The second kappa shape index (κ2) is 6.92. The molecule has 0 aromatic heterocycles. The maximum absolute atomic E-state index is 11.5. The monoisotopic (exact) mass is 263 g/mol. The predicted molar refractivity (Wildman–Crippen MR) is 74.0 cm³/mol. The molecule has 1 rings (SSSR count). The number of benzene rings is 1. The molecule has 1 aromatic carbocycles. The summed E-state index contributed by atoms with van der Waals surface area (Å²) in [6.45, 7) is 6.70. The van der Waals surface area contributed by atoms with Gasteiger partial charge < -0.3 is 10.4 Å². The Hall–Kier alpha value is -1.84. The molecule has 2 N–H and O–H groups in total. The van der Waals surface area contributed by atoms with E-state index in [2.05, 4.69) is 31.3 Å². The highest BCUT2D eigenvalue weighted by molar-refractivity contribution is 5.80. The number of hydrogen-bond acceptors (Lipinski definition) is 2. The molecule has 0 atom stereocenters. The number of aryl methyl sites for hydroxylation is 1. The Balaban J connectivity index is 2.59. The van der Waals surface area contributed by atoms with E-state index in [4.69, 9.17) is 5.11 Å². The van der Waals surface area contributed by atoms with Crippen molar-refractivity contribution in [1.29, 1.82) is 0 Å². The van der Waals surface area contributed by atoms with Gasteiger partial charge in [0.15, 0.2) is 0 Å². The smallest absolute Gasteiger partial charge is 0.303 e. The van der Waals surface area contributed by atoms with E-state index in [1.165, 1.54) is 5.56 Å². The highest BCUT2D eigenvalue weighted by Gasteiger charge is 2.07. The minimum absolute atomic E-state index is 0.0260. The van der Waals surface area contributed by atoms with Gasteiger partial charge in [-0.25, -0.2) is 0 Å². The number of carboxylic acids is 1. The van der Waals surface area contributed by atoms with Gasteiger partial charge >= 0.3 is 5.97 Å². The topological polar surface area (TPSA) is 66.4 Å². The molecule has 0 saturated heterocycles. The summed E-state index contributed by atoms with van der Waals surface area (Å²) in [5.74, 6) is -0.730. The maximum atomic E-state index is 11.5. The average Bonchev–Trinajstić information content (AvgIpc) is 2.35. The Morgan fingerprint density at radius 1 is 1.26 bits per heavy atom. The quantitative estimate of drug-likeness (QED) is 0.829. The molecule has 0 unspecified atom stereocenters. The summed E-state index contributed by atoms with van der Waals surface area (Å²) < 4.78 is 0. The summed E-state index contributed by atoms with van der Waals surface area (Å²) in [6.07, 6.45) is -0.102. The number of amides is 1. The van der Waals surface area contributed by atoms with Crippen LogP contribution in [-0.2, 0) is 16.1 Å². The molecule has 0 aliphatic carbocycles. The fraction of sp³-hybridized carbons (Fsp3) is 0.467. The van der Waals surface area contributed by atoms with Gasteiger partial charge in [0.05, 0.1) is 6.42 Å². The van der Waals surface area contributed by atoms with Gasteiger partial charge in [-0.05, 0) is 29.5 Å². The minimum atomic E-state index is -0.951. The zero-order valence-corrected chi connectivity index (χ0v) is 11.7.